The van der Waals surface area contributed by atoms with Crippen molar-refractivity contribution in [2.75, 3.05) is 4.90 Å². The first-order valence-electron chi connectivity index (χ1n) is 9.23. The summed E-state index contributed by atoms with van der Waals surface area (Å²) >= 11 is 0. The molecule has 4 rings (SSSR count). The van der Waals surface area contributed by atoms with Gasteiger partial charge in [-0.05, 0) is 48.0 Å². The van der Waals surface area contributed by atoms with E-state index < -0.39 is 5.91 Å². The highest BCUT2D eigenvalue weighted by Gasteiger charge is 2.21. The third kappa shape index (κ3) is 4.10. The first kappa shape index (κ1) is 19.1. The van der Waals surface area contributed by atoms with Gasteiger partial charge in [-0.1, -0.05) is 18.2 Å². The molecule has 30 heavy (non-hydrogen) atoms. The molecule has 148 valence electrons. The number of amides is 1. The van der Waals surface area contributed by atoms with Gasteiger partial charge in [0, 0.05) is 35.9 Å². The summed E-state index contributed by atoms with van der Waals surface area (Å²) in [7, 11) is 0. The van der Waals surface area contributed by atoms with Crippen LogP contribution in [0, 0.1) is 0 Å². The standard InChI is InChI=1S/C23H18N4O3/c28-19-9-10-20(22(29)13-19)23(30)27(15-16-3-1-11-24-14-16)18-7-5-17(6-8-18)21-4-2-12-25-26-21/h1-14,28-29H,15H2. The Labute approximate surface area is 172 Å². The van der Waals surface area contributed by atoms with Crippen molar-refractivity contribution >= 4 is 11.6 Å². The maximum atomic E-state index is 13.3. The van der Waals surface area contributed by atoms with Crippen molar-refractivity contribution < 1.29 is 15.0 Å². The number of hydrogen-bond acceptors (Lipinski definition) is 6. The molecule has 0 aliphatic heterocycles. The Bertz CT molecular complexity index is 1150. The summed E-state index contributed by atoms with van der Waals surface area (Å²) in [6, 6.07) is 18.6. The van der Waals surface area contributed by atoms with Crippen molar-refractivity contribution in [2.45, 2.75) is 6.54 Å². The van der Waals surface area contributed by atoms with E-state index in [9.17, 15) is 15.0 Å². The Morgan fingerprint density at radius 2 is 1.73 bits per heavy atom. The van der Waals surface area contributed by atoms with Gasteiger partial charge in [0.05, 0.1) is 17.8 Å². The average Bonchev–Trinajstić information content (AvgIpc) is 2.78. The van der Waals surface area contributed by atoms with E-state index in [0.29, 0.717) is 5.69 Å². The Balaban J connectivity index is 1.70. The van der Waals surface area contributed by atoms with Gasteiger partial charge in [-0.2, -0.15) is 10.2 Å². The highest BCUT2D eigenvalue weighted by atomic mass is 16.3. The normalized spacial score (nSPS) is 10.5. The maximum Gasteiger partial charge on any atom is 0.262 e. The predicted molar refractivity (Wildman–Crippen MR) is 112 cm³/mol. The van der Waals surface area contributed by atoms with E-state index in [0.717, 1.165) is 22.9 Å². The van der Waals surface area contributed by atoms with Crippen LogP contribution in [-0.4, -0.2) is 31.3 Å². The molecule has 0 bridgehead atoms. The van der Waals surface area contributed by atoms with Gasteiger partial charge < -0.3 is 15.1 Å². The molecule has 0 unspecified atom stereocenters. The summed E-state index contributed by atoms with van der Waals surface area (Å²) < 4.78 is 0. The van der Waals surface area contributed by atoms with E-state index >= 15 is 0 Å². The van der Waals surface area contributed by atoms with Gasteiger partial charge in [-0.15, -0.1) is 0 Å². The number of nitrogens with zero attached hydrogens (tertiary/aromatic N) is 4. The van der Waals surface area contributed by atoms with Crippen LogP contribution < -0.4 is 4.90 Å². The Morgan fingerprint density at radius 3 is 2.40 bits per heavy atom. The van der Waals surface area contributed by atoms with E-state index in [2.05, 4.69) is 15.2 Å². The van der Waals surface area contributed by atoms with Crippen LogP contribution in [0.4, 0.5) is 5.69 Å². The second kappa shape index (κ2) is 8.40. The molecule has 2 heterocycles. The van der Waals surface area contributed by atoms with Crippen LogP contribution in [0.2, 0.25) is 0 Å². The minimum Gasteiger partial charge on any atom is -0.508 e. The minimum atomic E-state index is -0.399. The molecule has 4 aromatic rings. The summed E-state index contributed by atoms with van der Waals surface area (Å²) in [5, 5.41) is 27.7. The highest BCUT2D eigenvalue weighted by molar-refractivity contribution is 6.08. The summed E-state index contributed by atoms with van der Waals surface area (Å²) in [6.45, 7) is 0.261. The Morgan fingerprint density at radius 1 is 0.933 bits per heavy atom. The minimum absolute atomic E-state index is 0.0923. The molecule has 2 aromatic heterocycles. The van der Waals surface area contributed by atoms with E-state index in [4.69, 9.17) is 0 Å². The summed E-state index contributed by atoms with van der Waals surface area (Å²) in [4.78, 5) is 18.9. The fraction of sp³-hybridized carbons (Fsp3) is 0.0435. The Hall–Kier alpha value is -4.26. The number of benzene rings is 2. The van der Waals surface area contributed by atoms with Gasteiger partial charge in [0.15, 0.2) is 0 Å². The molecule has 1 amide bonds. The zero-order chi connectivity index (χ0) is 20.9. The summed E-state index contributed by atoms with van der Waals surface area (Å²) in [6.07, 6.45) is 4.96. The number of anilines is 1. The van der Waals surface area contributed by atoms with Gasteiger partial charge in [-0.3, -0.25) is 9.78 Å². The molecule has 0 aliphatic carbocycles. The largest absolute Gasteiger partial charge is 0.508 e. The third-order valence-electron chi connectivity index (χ3n) is 4.57. The van der Waals surface area contributed by atoms with Gasteiger partial charge in [0.1, 0.15) is 11.5 Å². The lowest BCUT2D eigenvalue weighted by molar-refractivity contribution is 0.0982. The first-order valence-corrected chi connectivity index (χ1v) is 9.23. The van der Waals surface area contributed by atoms with Crippen LogP contribution in [-0.2, 0) is 6.54 Å². The van der Waals surface area contributed by atoms with Crippen molar-refractivity contribution in [1.82, 2.24) is 15.2 Å². The molecule has 0 aliphatic rings. The number of phenolic OH excluding ortho intramolecular Hbond substituents is 2. The quantitative estimate of drug-likeness (QED) is 0.531. The van der Waals surface area contributed by atoms with Crippen molar-refractivity contribution in [3.8, 4) is 22.8 Å². The second-order valence-electron chi connectivity index (χ2n) is 6.61. The van der Waals surface area contributed by atoms with E-state index in [1.165, 1.54) is 12.1 Å². The smallest absolute Gasteiger partial charge is 0.262 e. The molecule has 7 nitrogen and oxygen atoms in total. The first-order chi connectivity index (χ1) is 14.6. The fourth-order valence-electron chi connectivity index (χ4n) is 3.07. The predicted octanol–water partition coefficient (Wildman–Crippen LogP) is 3.80. The molecular weight excluding hydrogens is 380 g/mol. The van der Waals surface area contributed by atoms with E-state index in [1.54, 1.807) is 29.6 Å². The molecule has 0 saturated heterocycles. The van der Waals surface area contributed by atoms with Crippen molar-refractivity contribution in [1.29, 1.82) is 0 Å². The number of aromatic hydroxyl groups is 2. The summed E-state index contributed by atoms with van der Waals surface area (Å²) in [5.74, 6) is -0.799. The second-order valence-corrected chi connectivity index (χ2v) is 6.61. The molecule has 2 N–H and O–H groups in total. The third-order valence-corrected chi connectivity index (χ3v) is 4.57. The number of hydrogen-bond donors (Lipinski definition) is 2. The van der Waals surface area contributed by atoms with Gasteiger partial charge in [0.25, 0.3) is 5.91 Å². The monoisotopic (exact) mass is 398 g/mol. The molecule has 0 fully saturated rings. The van der Waals surface area contributed by atoms with Crippen molar-refractivity contribution in [3.05, 3.63) is 96.4 Å². The molecule has 0 saturated carbocycles. The number of rotatable bonds is 5. The van der Waals surface area contributed by atoms with Crippen LogP contribution in [0.25, 0.3) is 11.3 Å². The SMILES string of the molecule is O=C(c1ccc(O)cc1O)N(Cc1cccnc1)c1ccc(-c2cccnn2)cc1. The van der Waals surface area contributed by atoms with Crippen LogP contribution in [0.3, 0.4) is 0 Å². The van der Waals surface area contributed by atoms with E-state index in [1.807, 2.05) is 42.5 Å². The zero-order valence-electron chi connectivity index (χ0n) is 15.9. The van der Waals surface area contributed by atoms with Gasteiger partial charge >= 0.3 is 0 Å². The number of carbonyl (C=O) groups excluding carboxylic acids is 1. The fourth-order valence-corrected chi connectivity index (χ4v) is 3.07. The lowest BCUT2D eigenvalue weighted by atomic mass is 10.1. The van der Waals surface area contributed by atoms with Gasteiger partial charge in [-0.25, -0.2) is 0 Å². The maximum absolute atomic E-state index is 13.3. The van der Waals surface area contributed by atoms with E-state index in [-0.39, 0.29) is 23.6 Å². The van der Waals surface area contributed by atoms with Crippen LogP contribution >= 0.6 is 0 Å². The topological polar surface area (TPSA) is 99.4 Å². The zero-order valence-corrected chi connectivity index (χ0v) is 15.9. The Kier molecular flexibility index (Phi) is 5.34. The molecule has 0 spiro atoms. The average molecular weight is 398 g/mol. The number of phenols is 2. The molecule has 2 aromatic carbocycles. The highest BCUT2D eigenvalue weighted by Crippen LogP contribution is 2.28. The lowest BCUT2D eigenvalue weighted by Crippen LogP contribution is -2.30. The number of carbonyl (C=O) groups is 1. The molecule has 7 heteroatoms. The van der Waals surface area contributed by atoms with Crippen LogP contribution in [0.1, 0.15) is 15.9 Å². The molecule has 0 radical (unpaired) electrons. The molecular formula is C23H18N4O3. The van der Waals surface area contributed by atoms with Gasteiger partial charge in [0.2, 0.25) is 0 Å². The van der Waals surface area contributed by atoms with Crippen molar-refractivity contribution in [2.24, 2.45) is 0 Å². The number of aromatic nitrogens is 3. The van der Waals surface area contributed by atoms with Crippen LogP contribution in [0.5, 0.6) is 11.5 Å². The van der Waals surface area contributed by atoms with Crippen molar-refractivity contribution in [3.63, 3.8) is 0 Å². The van der Waals surface area contributed by atoms with Crippen LogP contribution in [0.15, 0.2) is 85.3 Å². The number of pyridine rings is 1. The summed E-state index contributed by atoms with van der Waals surface area (Å²) in [5.41, 5.74) is 3.17. The molecule has 0 atom stereocenters. The lowest BCUT2D eigenvalue weighted by Gasteiger charge is -2.24.